The van der Waals surface area contributed by atoms with Gasteiger partial charge < -0.3 is 36.6 Å². The van der Waals surface area contributed by atoms with Gasteiger partial charge in [0.2, 0.25) is 23.6 Å². The van der Waals surface area contributed by atoms with Crippen molar-refractivity contribution in [3.05, 3.63) is 0 Å². The fourth-order valence-corrected chi connectivity index (χ4v) is 4.75. The van der Waals surface area contributed by atoms with E-state index in [1.807, 2.05) is 0 Å². The Bertz CT molecular complexity index is 1000. The summed E-state index contributed by atoms with van der Waals surface area (Å²) in [6.45, 7) is 8.78. The highest BCUT2D eigenvalue weighted by Crippen LogP contribution is 2.12. The van der Waals surface area contributed by atoms with Crippen molar-refractivity contribution in [3.8, 4) is 0 Å². The molecule has 0 aromatic rings. The van der Waals surface area contributed by atoms with E-state index in [1.54, 1.807) is 27.7 Å². The molecule has 0 aromatic carbocycles. The molecule has 14 heteroatoms. The molecule has 264 valence electrons. The second-order valence-corrected chi connectivity index (χ2v) is 12.4. The highest BCUT2D eigenvalue weighted by Gasteiger charge is 2.33. The van der Waals surface area contributed by atoms with Crippen LogP contribution >= 0.6 is 0 Å². The van der Waals surface area contributed by atoms with Crippen molar-refractivity contribution < 1.29 is 48.9 Å². The minimum atomic E-state index is -1.52. The van der Waals surface area contributed by atoms with Gasteiger partial charge in [-0.15, -0.1) is 0 Å². The number of unbranched alkanes of at least 4 members (excludes halogenated alkanes) is 8. The molecule has 4 atom stereocenters. The van der Waals surface area contributed by atoms with E-state index in [0.29, 0.717) is 6.42 Å². The number of rotatable bonds is 26. The average Bonchev–Trinajstić information content (AvgIpc) is 2.96. The van der Waals surface area contributed by atoms with Gasteiger partial charge in [-0.25, -0.2) is 4.79 Å². The average molecular weight is 657 g/mol. The van der Waals surface area contributed by atoms with Crippen LogP contribution in [0.2, 0.25) is 0 Å². The van der Waals surface area contributed by atoms with Crippen molar-refractivity contribution in [2.24, 2.45) is 11.8 Å². The third-order valence-corrected chi connectivity index (χ3v) is 7.56. The molecule has 0 radical (unpaired) electrons. The van der Waals surface area contributed by atoms with Crippen LogP contribution in [0.25, 0.3) is 0 Å². The molecule has 0 heterocycles. The molecule has 46 heavy (non-hydrogen) atoms. The van der Waals surface area contributed by atoms with Gasteiger partial charge in [-0.3, -0.25) is 28.8 Å². The number of amides is 4. The highest BCUT2D eigenvalue weighted by atomic mass is 16.4. The summed E-state index contributed by atoms with van der Waals surface area (Å²) in [4.78, 5) is 85.9. The number of carboxylic acids is 3. The molecule has 0 aromatic heterocycles. The first-order valence-corrected chi connectivity index (χ1v) is 16.5. The zero-order chi connectivity index (χ0) is 35.2. The number of nitrogens with one attached hydrogen (secondary N) is 4. The van der Waals surface area contributed by atoms with Gasteiger partial charge in [0.25, 0.3) is 0 Å². The molecule has 0 aliphatic carbocycles. The zero-order valence-corrected chi connectivity index (χ0v) is 28.1. The standard InChI is InChI=1S/C32H56N4O10/c1-6-7-8-9-10-11-12-13-14-15-24(37)35-27(20(2)3)30(43)33-22(16-18-25(38)39)29(42)36-28(21(4)5)31(44)34-23(32(45)46)17-19-26(40)41/h20-23,27-28H,6-19H2,1-5H3,(H,33,43)(H,34,44)(H,35,37)(H,36,42)(H,38,39)(H,40,41)(H,45,46). The molecule has 0 fully saturated rings. The number of carboxylic acid groups (broad SMARTS) is 3. The number of carbonyl (C=O) groups excluding carboxylic acids is 4. The van der Waals surface area contributed by atoms with E-state index in [1.165, 1.54) is 32.1 Å². The van der Waals surface area contributed by atoms with Crippen LogP contribution in [-0.2, 0) is 33.6 Å². The minimum Gasteiger partial charge on any atom is -0.481 e. The van der Waals surface area contributed by atoms with Gasteiger partial charge in [0.1, 0.15) is 24.2 Å². The molecular formula is C32H56N4O10. The van der Waals surface area contributed by atoms with Crippen LogP contribution in [-0.4, -0.2) is 81.0 Å². The largest absolute Gasteiger partial charge is 0.481 e. The summed E-state index contributed by atoms with van der Waals surface area (Å²) < 4.78 is 0. The lowest BCUT2D eigenvalue weighted by Crippen LogP contribution is -2.59. The van der Waals surface area contributed by atoms with Crippen LogP contribution in [0.5, 0.6) is 0 Å². The summed E-state index contributed by atoms with van der Waals surface area (Å²) in [5, 5.41) is 37.4. The van der Waals surface area contributed by atoms with Gasteiger partial charge in [0.05, 0.1) is 0 Å². The first-order valence-electron chi connectivity index (χ1n) is 16.5. The molecule has 0 spiro atoms. The number of hydrogen-bond donors (Lipinski definition) is 7. The number of hydrogen-bond acceptors (Lipinski definition) is 7. The van der Waals surface area contributed by atoms with Crippen molar-refractivity contribution in [1.29, 1.82) is 0 Å². The molecule has 0 saturated heterocycles. The van der Waals surface area contributed by atoms with E-state index < -0.39 is 78.6 Å². The molecule has 0 bridgehead atoms. The van der Waals surface area contributed by atoms with Crippen LogP contribution in [0.1, 0.15) is 125 Å². The second kappa shape index (κ2) is 23.6. The van der Waals surface area contributed by atoms with Crippen molar-refractivity contribution in [1.82, 2.24) is 21.3 Å². The minimum absolute atomic E-state index is 0.240. The molecule has 0 aliphatic rings. The fourth-order valence-electron chi connectivity index (χ4n) is 4.75. The predicted octanol–water partition coefficient (Wildman–Crippen LogP) is 2.97. The van der Waals surface area contributed by atoms with Crippen LogP contribution in [0.15, 0.2) is 0 Å². The Kier molecular flexibility index (Phi) is 21.7. The molecule has 0 aliphatic heterocycles. The number of aliphatic carboxylic acids is 3. The van der Waals surface area contributed by atoms with Crippen LogP contribution in [0, 0.1) is 11.8 Å². The first kappa shape index (κ1) is 42.3. The summed E-state index contributed by atoms with van der Waals surface area (Å²) in [6.07, 6.45) is 8.37. The van der Waals surface area contributed by atoms with E-state index in [9.17, 15) is 43.8 Å². The maximum absolute atomic E-state index is 13.3. The summed E-state index contributed by atoms with van der Waals surface area (Å²) in [5.41, 5.74) is 0. The van der Waals surface area contributed by atoms with Crippen LogP contribution in [0.4, 0.5) is 0 Å². The van der Waals surface area contributed by atoms with E-state index in [2.05, 4.69) is 28.2 Å². The van der Waals surface area contributed by atoms with E-state index in [0.717, 1.165) is 19.3 Å². The molecular weight excluding hydrogens is 600 g/mol. The van der Waals surface area contributed by atoms with Crippen molar-refractivity contribution in [2.45, 2.75) is 149 Å². The predicted molar refractivity (Wildman–Crippen MR) is 171 cm³/mol. The smallest absolute Gasteiger partial charge is 0.326 e. The van der Waals surface area contributed by atoms with Gasteiger partial charge >= 0.3 is 17.9 Å². The Morgan fingerprint density at radius 1 is 0.500 bits per heavy atom. The summed E-state index contributed by atoms with van der Waals surface area (Å²) in [7, 11) is 0. The van der Waals surface area contributed by atoms with Gasteiger partial charge in [0, 0.05) is 19.3 Å². The Hall–Kier alpha value is -3.71. The quantitative estimate of drug-likeness (QED) is 0.0673. The third kappa shape index (κ3) is 18.9. The molecule has 0 rings (SSSR count). The van der Waals surface area contributed by atoms with Crippen LogP contribution < -0.4 is 21.3 Å². The van der Waals surface area contributed by atoms with Gasteiger partial charge in [-0.2, -0.15) is 0 Å². The fraction of sp³-hybridized carbons (Fsp3) is 0.781. The molecule has 4 amide bonds. The highest BCUT2D eigenvalue weighted by molar-refractivity contribution is 5.95. The molecule has 4 unspecified atom stereocenters. The molecule has 14 nitrogen and oxygen atoms in total. The maximum Gasteiger partial charge on any atom is 0.326 e. The lowest BCUT2D eigenvalue weighted by molar-refractivity contribution is -0.143. The lowest BCUT2D eigenvalue weighted by Gasteiger charge is -2.28. The zero-order valence-electron chi connectivity index (χ0n) is 28.1. The summed E-state index contributed by atoms with van der Waals surface area (Å²) in [6, 6.07) is -5.17. The summed E-state index contributed by atoms with van der Waals surface area (Å²) in [5.74, 6) is -7.58. The van der Waals surface area contributed by atoms with E-state index >= 15 is 0 Å². The third-order valence-electron chi connectivity index (χ3n) is 7.56. The number of carbonyl (C=O) groups is 7. The normalized spacial score (nSPS) is 13.7. The Balaban J connectivity index is 5.39. The van der Waals surface area contributed by atoms with Gasteiger partial charge in [-0.05, 0) is 31.1 Å². The maximum atomic E-state index is 13.3. The second-order valence-electron chi connectivity index (χ2n) is 12.4. The Morgan fingerprint density at radius 2 is 0.913 bits per heavy atom. The molecule has 0 saturated carbocycles. The first-order chi connectivity index (χ1) is 21.6. The van der Waals surface area contributed by atoms with Crippen LogP contribution in [0.3, 0.4) is 0 Å². The molecule has 7 N–H and O–H groups in total. The van der Waals surface area contributed by atoms with Gasteiger partial charge in [0.15, 0.2) is 0 Å². The van der Waals surface area contributed by atoms with Crippen molar-refractivity contribution in [3.63, 3.8) is 0 Å². The monoisotopic (exact) mass is 656 g/mol. The van der Waals surface area contributed by atoms with E-state index in [4.69, 9.17) is 5.11 Å². The Morgan fingerprint density at radius 3 is 1.35 bits per heavy atom. The van der Waals surface area contributed by atoms with Gasteiger partial charge in [-0.1, -0.05) is 86.0 Å². The van der Waals surface area contributed by atoms with E-state index in [-0.39, 0.29) is 31.1 Å². The Labute approximate surface area is 272 Å². The lowest BCUT2D eigenvalue weighted by atomic mass is 10.00. The van der Waals surface area contributed by atoms with Crippen molar-refractivity contribution >= 4 is 41.5 Å². The SMILES string of the molecule is CCCCCCCCCCCC(=O)NC(C(=O)NC(CCC(=O)O)C(=O)NC(C(=O)NC(CCC(=O)O)C(=O)O)C(C)C)C(C)C. The van der Waals surface area contributed by atoms with Crippen molar-refractivity contribution in [2.75, 3.05) is 0 Å². The topological polar surface area (TPSA) is 228 Å². The summed E-state index contributed by atoms with van der Waals surface area (Å²) >= 11 is 0.